The molecule has 0 aliphatic carbocycles. The van der Waals surface area contributed by atoms with Gasteiger partial charge >= 0.3 is 0 Å². The third-order valence-electron chi connectivity index (χ3n) is 2.95. The molecule has 1 heterocycles. The summed E-state index contributed by atoms with van der Waals surface area (Å²) >= 11 is 0. The maximum absolute atomic E-state index is 9.28. The lowest BCUT2D eigenvalue weighted by Crippen LogP contribution is -2.29. The predicted molar refractivity (Wildman–Crippen MR) is 63.3 cm³/mol. The van der Waals surface area contributed by atoms with E-state index in [2.05, 4.69) is 18.1 Å². The van der Waals surface area contributed by atoms with Gasteiger partial charge in [-0.25, -0.2) is 0 Å². The lowest BCUT2D eigenvalue weighted by Gasteiger charge is -2.24. The Morgan fingerprint density at radius 3 is 2.38 bits per heavy atom. The molecule has 1 aromatic rings. The molecule has 4 nitrogen and oxygen atoms in total. The summed E-state index contributed by atoms with van der Waals surface area (Å²) in [6.45, 7) is 6.79. The van der Waals surface area contributed by atoms with Crippen molar-refractivity contribution in [1.29, 1.82) is 0 Å². The number of aliphatic hydroxyl groups excluding tert-OH is 2. The quantitative estimate of drug-likeness (QED) is 0.761. The zero-order valence-corrected chi connectivity index (χ0v) is 10.4. The highest BCUT2D eigenvalue weighted by Gasteiger charge is 2.25. The van der Waals surface area contributed by atoms with Crippen molar-refractivity contribution in [1.82, 2.24) is 9.78 Å². The lowest BCUT2D eigenvalue weighted by molar-refractivity contribution is 0.0686. The van der Waals surface area contributed by atoms with E-state index in [1.54, 1.807) is 0 Å². The Balaban J connectivity index is 2.90. The van der Waals surface area contributed by atoms with Gasteiger partial charge in [-0.05, 0) is 25.8 Å². The molecule has 0 atom stereocenters. The molecule has 0 saturated carbocycles. The number of nitrogens with zero attached hydrogens (tertiary/aromatic N) is 2. The van der Waals surface area contributed by atoms with Crippen molar-refractivity contribution in [3.8, 4) is 0 Å². The van der Waals surface area contributed by atoms with Crippen LogP contribution in [-0.2, 0) is 19.4 Å². The van der Waals surface area contributed by atoms with Crippen molar-refractivity contribution in [2.45, 2.75) is 40.2 Å². The van der Waals surface area contributed by atoms with Crippen LogP contribution in [-0.4, -0.2) is 33.2 Å². The Bertz CT molecular complexity index is 330. The molecule has 0 bridgehead atoms. The molecule has 0 unspecified atom stereocenters. The van der Waals surface area contributed by atoms with E-state index in [1.807, 2.05) is 18.5 Å². The van der Waals surface area contributed by atoms with E-state index in [-0.39, 0.29) is 13.2 Å². The molecular formula is C12H22N2O2. The Labute approximate surface area is 96.9 Å². The number of hydrogen-bond acceptors (Lipinski definition) is 3. The van der Waals surface area contributed by atoms with Gasteiger partial charge in [0.15, 0.2) is 0 Å². The summed E-state index contributed by atoms with van der Waals surface area (Å²) in [6.07, 6.45) is 1.57. The van der Waals surface area contributed by atoms with Crippen LogP contribution in [0.15, 0.2) is 6.07 Å². The van der Waals surface area contributed by atoms with Crippen LogP contribution in [0.2, 0.25) is 0 Å². The molecule has 0 aromatic carbocycles. The predicted octanol–water partition coefficient (Wildman–Crippen LogP) is 0.999. The van der Waals surface area contributed by atoms with Crippen LogP contribution >= 0.6 is 0 Å². The molecule has 92 valence electrons. The number of aryl methyl sites for hydroxylation is 2. The zero-order valence-electron chi connectivity index (χ0n) is 10.4. The minimum Gasteiger partial charge on any atom is -0.396 e. The van der Waals surface area contributed by atoms with Gasteiger partial charge in [0, 0.05) is 17.7 Å². The monoisotopic (exact) mass is 226 g/mol. The summed E-state index contributed by atoms with van der Waals surface area (Å²) in [6, 6.07) is 2.06. The Morgan fingerprint density at radius 1 is 1.31 bits per heavy atom. The highest BCUT2D eigenvalue weighted by molar-refractivity contribution is 5.12. The van der Waals surface area contributed by atoms with Gasteiger partial charge in [-0.15, -0.1) is 0 Å². The van der Waals surface area contributed by atoms with Crippen molar-refractivity contribution in [3.63, 3.8) is 0 Å². The molecule has 1 aromatic heterocycles. The topological polar surface area (TPSA) is 58.3 Å². The van der Waals surface area contributed by atoms with Gasteiger partial charge in [0.1, 0.15) is 0 Å². The fourth-order valence-electron chi connectivity index (χ4n) is 1.70. The molecule has 0 radical (unpaired) electrons. The van der Waals surface area contributed by atoms with Gasteiger partial charge in [-0.1, -0.05) is 13.8 Å². The lowest BCUT2D eigenvalue weighted by atomic mass is 9.87. The zero-order chi connectivity index (χ0) is 12.2. The Hall–Kier alpha value is -0.870. The van der Waals surface area contributed by atoms with E-state index in [1.165, 1.54) is 0 Å². The van der Waals surface area contributed by atoms with Crippen molar-refractivity contribution in [3.05, 3.63) is 17.5 Å². The van der Waals surface area contributed by atoms with Crippen LogP contribution < -0.4 is 0 Å². The van der Waals surface area contributed by atoms with Crippen molar-refractivity contribution < 1.29 is 10.2 Å². The number of hydrogen-bond donors (Lipinski definition) is 2. The summed E-state index contributed by atoms with van der Waals surface area (Å²) in [5.41, 5.74) is 1.69. The van der Waals surface area contributed by atoms with Crippen molar-refractivity contribution in [2.24, 2.45) is 5.41 Å². The standard InChI is InChI=1S/C12H22N2O2/c1-4-10-6-11(14(5-2)13-10)7-12(3,8-15)9-16/h6,15-16H,4-5,7-9H2,1-3H3. The van der Waals surface area contributed by atoms with E-state index >= 15 is 0 Å². The van der Waals surface area contributed by atoms with Crippen LogP contribution in [0.4, 0.5) is 0 Å². The van der Waals surface area contributed by atoms with Crippen LogP contribution in [0.5, 0.6) is 0 Å². The normalized spacial score (nSPS) is 12.1. The van der Waals surface area contributed by atoms with Crippen molar-refractivity contribution in [2.75, 3.05) is 13.2 Å². The van der Waals surface area contributed by atoms with Gasteiger partial charge in [0.25, 0.3) is 0 Å². The molecule has 0 fully saturated rings. The number of aliphatic hydroxyl groups is 2. The fourth-order valence-corrected chi connectivity index (χ4v) is 1.70. The molecule has 16 heavy (non-hydrogen) atoms. The van der Waals surface area contributed by atoms with E-state index in [0.29, 0.717) is 6.42 Å². The second-order valence-corrected chi connectivity index (χ2v) is 4.60. The molecule has 0 aliphatic heterocycles. The summed E-state index contributed by atoms with van der Waals surface area (Å²) in [5.74, 6) is 0. The average Bonchev–Trinajstić information content (AvgIpc) is 2.71. The fraction of sp³-hybridized carbons (Fsp3) is 0.750. The van der Waals surface area contributed by atoms with Crippen LogP contribution in [0.1, 0.15) is 32.2 Å². The largest absolute Gasteiger partial charge is 0.396 e. The van der Waals surface area contributed by atoms with Gasteiger partial charge in [0.05, 0.1) is 18.9 Å². The van der Waals surface area contributed by atoms with Crippen LogP contribution in [0, 0.1) is 5.41 Å². The molecule has 1 rings (SSSR count). The third kappa shape index (κ3) is 2.83. The highest BCUT2D eigenvalue weighted by Crippen LogP contribution is 2.22. The minimum atomic E-state index is -0.460. The Kier molecular flexibility index (Phi) is 4.50. The van der Waals surface area contributed by atoms with E-state index < -0.39 is 5.41 Å². The third-order valence-corrected chi connectivity index (χ3v) is 2.95. The molecule has 0 spiro atoms. The molecular weight excluding hydrogens is 204 g/mol. The summed E-state index contributed by atoms with van der Waals surface area (Å²) in [4.78, 5) is 0. The molecule has 0 amide bonds. The summed E-state index contributed by atoms with van der Waals surface area (Å²) in [7, 11) is 0. The highest BCUT2D eigenvalue weighted by atomic mass is 16.3. The maximum atomic E-state index is 9.28. The van der Waals surface area contributed by atoms with E-state index in [4.69, 9.17) is 0 Å². The van der Waals surface area contributed by atoms with E-state index in [9.17, 15) is 10.2 Å². The molecule has 0 aliphatic rings. The van der Waals surface area contributed by atoms with Gasteiger partial charge in [0.2, 0.25) is 0 Å². The smallest absolute Gasteiger partial charge is 0.0624 e. The van der Waals surface area contributed by atoms with Gasteiger partial charge in [-0.3, -0.25) is 4.68 Å². The summed E-state index contributed by atoms with van der Waals surface area (Å²) in [5, 5.41) is 23.0. The van der Waals surface area contributed by atoms with Crippen LogP contribution in [0.3, 0.4) is 0 Å². The van der Waals surface area contributed by atoms with Crippen LogP contribution in [0.25, 0.3) is 0 Å². The molecule has 2 N–H and O–H groups in total. The first-order valence-corrected chi connectivity index (χ1v) is 5.86. The van der Waals surface area contributed by atoms with E-state index in [0.717, 1.165) is 24.4 Å². The SMILES string of the molecule is CCc1cc(CC(C)(CO)CO)n(CC)n1. The first-order valence-electron chi connectivity index (χ1n) is 5.86. The maximum Gasteiger partial charge on any atom is 0.0624 e. The molecule has 4 heteroatoms. The Morgan fingerprint density at radius 2 is 1.94 bits per heavy atom. The number of aromatic nitrogens is 2. The average molecular weight is 226 g/mol. The summed E-state index contributed by atoms with van der Waals surface area (Å²) < 4.78 is 1.95. The second-order valence-electron chi connectivity index (χ2n) is 4.60. The second kappa shape index (κ2) is 5.46. The van der Waals surface area contributed by atoms with Gasteiger partial charge < -0.3 is 10.2 Å². The number of rotatable bonds is 6. The van der Waals surface area contributed by atoms with Gasteiger partial charge in [-0.2, -0.15) is 5.10 Å². The minimum absolute atomic E-state index is 0.0140. The molecule has 0 saturated heterocycles. The first kappa shape index (κ1) is 13.2. The van der Waals surface area contributed by atoms with Crippen molar-refractivity contribution >= 4 is 0 Å². The first-order chi connectivity index (χ1) is 7.58.